The van der Waals surface area contributed by atoms with Crippen LogP contribution in [0, 0.1) is 0 Å². The van der Waals surface area contributed by atoms with Crippen LogP contribution in [0.4, 0.5) is 0 Å². The summed E-state index contributed by atoms with van der Waals surface area (Å²) in [5.74, 6) is 0. The summed E-state index contributed by atoms with van der Waals surface area (Å²) in [7, 11) is 3.93. The van der Waals surface area contributed by atoms with E-state index in [0.29, 0.717) is 13.1 Å². The third-order valence-corrected chi connectivity index (χ3v) is 3.82. The SMILES string of the molecule is CN(C)CC(O)CNCCc1ccc(Br)s1. The summed E-state index contributed by atoms with van der Waals surface area (Å²) in [4.78, 5) is 3.35. The molecule has 5 heteroatoms. The predicted molar refractivity (Wildman–Crippen MR) is 73.2 cm³/mol. The summed E-state index contributed by atoms with van der Waals surface area (Å²) in [5, 5.41) is 12.9. The number of nitrogens with one attached hydrogen (secondary N) is 1. The first-order chi connectivity index (χ1) is 7.58. The van der Waals surface area contributed by atoms with Crippen LogP contribution in [0.2, 0.25) is 0 Å². The van der Waals surface area contributed by atoms with Crippen LogP contribution in [-0.4, -0.2) is 49.8 Å². The number of hydrogen-bond donors (Lipinski definition) is 2. The highest BCUT2D eigenvalue weighted by Gasteiger charge is 2.04. The Morgan fingerprint density at radius 1 is 1.50 bits per heavy atom. The van der Waals surface area contributed by atoms with Gasteiger partial charge in [-0.25, -0.2) is 0 Å². The number of thiophene rings is 1. The molecule has 1 heterocycles. The first kappa shape index (κ1) is 14.1. The Kier molecular flexibility index (Phi) is 6.53. The summed E-state index contributed by atoms with van der Waals surface area (Å²) in [6.45, 7) is 2.28. The molecule has 0 bridgehead atoms. The van der Waals surface area contributed by atoms with Crippen molar-refractivity contribution in [1.82, 2.24) is 10.2 Å². The second-order valence-corrected chi connectivity index (χ2v) is 6.62. The topological polar surface area (TPSA) is 35.5 Å². The van der Waals surface area contributed by atoms with E-state index in [-0.39, 0.29) is 6.10 Å². The number of aliphatic hydroxyl groups is 1. The zero-order chi connectivity index (χ0) is 12.0. The second kappa shape index (κ2) is 7.40. The van der Waals surface area contributed by atoms with Crippen LogP contribution in [0.25, 0.3) is 0 Å². The van der Waals surface area contributed by atoms with E-state index in [1.807, 2.05) is 19.0 Å². The Bertz CT molecular complexity index is 304. The molecule has 1 unspecified atom stereocenters. The molecule has 0 aliphatic heterocycles. The van der Waals surface area contributed by atoms with Gasteiger partial charge in [0.1, 0.15) is 0 Å². The lowest BCUT2D eigenvalue weighted by molar-refractivity contribution is 0.135. The van der Waals surface area contributed by atoms with Crippen molar-refractivity contribution in [2.45, 2.75) is 12.5 Å². The maximum absolute atomic E-state index is 9.61. The predicted octanol–water partition coefficient (Wildman–Crippen LogP) is 1.57. The number of halogens is 1. The molecule has 0 saturated heterocycles. The first-order valence-electron chi connectivity index (χ1n) is 5.35. The monoisotopic (exact) mass is 306 g/mol. The van der Waals surface area contributed by atoms with E-state index in [2.05, 4.69) is 33.4 Å². The molecule has 0 aliphatic carbocycles. The minimum atomic E-state index is -0.287. The summed E-state index contributed by atoms with van der Waals surface area (Å²) >= 11 is 5.21. The van der Waals surface area contributed by atoms with Crippen LogP contribution in [-0.2, 0) is 6.42 Å². The Morgan fingerprint density at radius 2 is 2.25 bits per heavy atom. The molecular formula is C11H19BrN2OS. The fraction of sp³-hybridized carbons (Fsp3) is 0.636. The highest BCUT2D eigenvalue weighted by Crippen LogP contribution is 2.21. The van der Waals surface area contributed by atoms with Crippen molar-refractivity contribution in [3.05, 3.63) is 20.8 Å². The van der Waals surface area contributed by atoms with Crippen molar-refractivity contribution in [3.63, 3.8) is 0 Å². The highest BCUT2D eigenvalue weighted by molar-refractivity contribution is 9.11. The van der Waals surface area contributed by atoms with Crippen LogP contribution >= 0.6 is 27.3 Å². The third kappa shape index (κ3) is 5.96. The highest BCUT2D eigenvalue weighted by atomic mass is 79.9. The van der Waals surface area contributed by atoms with Gasteiger partial charge in [-0.3, -0.25) is 0 Å². The van der Waals surface area contributed by atoms with Crippen molar-refractivity contribution in [3.8, 4) is 0 Å². The summed E-state index contributed by atoms with van der Waals surface area (Å²) in [6.07, 6.45) is 0.732. The molecule has 0 amide bonds. The molecule has 2 N–H and O–H groups in total. The van der Waals surface area contributed by atoms with E-state index < -0.39 is 0 Å². The van der Waals surface area contributed by atoms with Crippen molar-refractivity contribution < 1.29 is 5.11 Å². The second-order valence-electron chi connectivity index (χ2n) is 4.08. The molecule has 0 fully saturated rings. The van der Waals surface area contributed by atoms with Crippen LogP contribution in [0.15, 0.2) is 15.9 Å². The zero-order valence-electron chi connectivity index (χ0n) is 9.74. The fourth-order valence-corrected chi connectivity index (χ4v) is 2.94. The largest absolute Gasteiger partial charge is 0.390 e. The minimum absolute atomic E-state index is 0.287. The normalized spacial score (nSPS) is 13.3. The molecule has 0 saturated carbocycles. The van der Waals surface area contributed by atoms with Crippen LogP contribution in [0.1, 0.15) is 4.88 Å². The fourth-order valence-electron chi connectivity index (χ4n) is 1.45. The molecule has 0 spiro atoms. The molecular weight excluding hydrogens is 288 g/mol. The van der Waals surface area contributed by atoms with Gasteiger partial charge in [0.15, 0.2) is 0 Å². The van der Waals surface area contributed by atoms with Crippen LogP contribution in [0.5, 0.6) is 0 Å². The van der Waals surface area contributed by atoms with Gasteiger partial charge in [-0.1, -0.05) is 0 Å². The minimum Gasteiger partial charge on any atom is -0.390 e. The van der Waals surface area contributed by atoms with E-state index in [1.165, 1.54) is 8.66 Å². The van der Waals surface area contributed by atoms with Crippen LogP contribution in [0.3, 0.4) is 0 Å². The molecule has 3 nitrogen and oxygen atoms in total. The van der Waals surface area contributed by atoms with Crippen LogP contribution < -0.4 is 5.32 Å². The van der Waals surface area contributed by atoms with Gasteiger partial charge >= 0.3 is 0 Å². The molecule has 0 aromatic carbocycles. The number of rotatable bonds is 7. The van der Waals surface area contributed by atoms with Crippen molar-refractivity contribution >= 4 is 27.3 Å². The van der Waals surface area contributed by atoms with Gasteiger partial charge in [-0.2, -0.15) is 0 Å². The van der Waals surface area contributed by atoms with Crippen molar-refractivity contribution in [2.24, 2.45) is 0 Å². The summed E-state index contributed by atoms with van der Waals surface area (Å²) in [6, 6.07) is 4.20. The lowest BCUT2D eigenvalue weighted by atomic mass is 10.3. The summed E-state index contributed by atoms with van der Waals surface area (Å²) in [5.41, 5.74) is 0. The standard InChI is InChI=1S/C11H19BrN2OS/c1-14(2)8-9(15)7-13-6-5-10-3-4-11(12)16-10/h3-4,9,13,15H,5-8H2,1-2H3. The number of likely N-dealkylation sites (N-methyl/N-ethyl adjacent to an activating group) is 1. The lowest BCUT2D eigenvalue weighted by Gasteiger charge is -2.16. The van der Waals surface area contributed by atoms with Gasteiger partial charge in [0.25, 0.3) is 0 Å². The van der Waals surface area contributed by atoms with Gasteiger partial charge in [-0.15, -0.1) is 11.3 Å². The Labute approximate surface area is 110 Å². The molecule has 16 heavy (non-hydrogen) atoms. The molecule has 92 valence electrons. The first-order valence-corrected chi connectivity index (χ1v) is 6.96. The average Bonchev–Trinajstić information content (AvgIpc) is 2.58. The lowest BCUT2D eigenvalue weighted by Crippen LogP contribution is -2.35. The van der Waals surface area contributed by atoms with E-state index in [4.69, 9.17) is 0 Å². The van der Waals surface area contributed by atoms with Gasteiger partial charge in [0.05, 0.1) is 9.89 Å². The van der Waals surface area contributed by atoms with E-state index in [0.717, 1.165) is 13.0 Å². The smallest absolute Gasteiger partial charge is 0.0791 e. The molecule has 1 atom stereocenters. The quantitative estimate of drug-likeness (QED) is 0.751. The van der Waals surface area contributed by atoms with E-state index >= 15 is 0 Å². The van der Waals surface area contributed by atoms with Gasteiger partial charge in [-0.05, 0) is 48.6 Å². The molecule has 1 aromatic heterocycles. The summed E-state index contributed by atoms with van der Waals surface area (Å²) < 4.78 is 1.18. The number of nitrogens with zero attached hydrogens (tertiary/aromatic N) is 1. The maximum Gasteiger partial charge on any atom is 0.0791 e. The zero-order valence-corrected chi connectivity index (χ0v) is 12.1. The average molecular weight is 307 g/mol. The molecule has 0 aliphatic rings. The molecule has 0 radical (unpaired) electrons. The Morgan fingerprint density at radius 3 is 2.81 bits per heavy atom. The maximum atomic E-state index is 9.61. The van der Waals surface area contributed by atoms with Crippen molar-refractivity contribution in [2.75, 3.05) is 33.7 Å². The van der Waals surface area contributed by atoms with E-state index in [1.54, 1.807) is 11.3 Å². The number of aliphatic hydroxyl groups excluding tert-OH is 1. The molecule has 1 aromatic rings. The van der Waals surface area contributed by atoms with Gasteiger partial charge < -0.3 is 15.3 Å². The van der Waals surface area contributed by atoms with Gasteiger partial charge in [0.2, 0.25) is 0 Å². The third-order valence-electron chi connectivity index (χ3n) is 2.13. The Hall–Kier alpha value is 0.0600. The molecule has 1 rings (SSSR count). The van der Waals surface area contributed by atoms with Crippen molar-refractivity contribution in [1.29, 1.82) is 0 Å². The van der Waals surface area contributed by atoms with Gasteiger partial charge in [0, 0.05) is 24.5 Å². The number of hydrogen-bond acceptors (Lipinski definition) is 4. The van der Waals surface area contributed by atoms with E-state index in [9.17, 15) is 5.11 Å². The Balaban J connectivity index is 2.07.